The van der Waals surface area contributed by atoms with Gasteiger partial charge in [-0.05, 0) is 43.2 Å². The van der Waals surface area contributed by atoms with Crippen molar-refractivity contribution in [1.29, 1.82) is 0 Å². The van der Waals surface area contributed by atoms with Crippen molar-refractivity contribution in [1.82, 2.24) is 9.88 Å². The highest BCUT2D eigenvalue weighted by Gasteiger charge is 2.24. The predicted octanol–water partition coefficient (Wildman–Crippen LogP) is 3.70. The van der Waals surface area contributed by atoms with Crippen molar-refractivity contribution < 1.29 is 4.79 Å². The molecule has 0 unspecified atom stereocenters. The van der Waals surface area contributed by atoms with E-state index < -0.39 is 0 Å². The third-order valence-corrected chi connectivity index (χ3v) is 4.79. The maximum absolute atomic E-state index is 12.8. The van der Waals surface area contributed by atoms with Crippen molar-refractivity contribution in [3.05, 3.63) is 52.1 Å². The van der Waals surface area contributed by atoms with Gasteiger partial charge in [-0.25, -0.2) is 4.98 Å². The van der Waals surface area contributed by atoms with Crippen molar-refractivity contribution >= 4 is 40.6 Å². The molecule has 7 heteroatoms. The molecule has 3 N–H and O–H groups in total. The van der Waals surface area contributed by atoms with Crippen LogP contribution in [-0.4, -0.2) is 34.9 Å². The first-order valence-corrected chi connectivity index (χ1v) is 8.52. The second kappa shape index (κ2) is 7.38. The fourth-order valence-corrected chi connectivity index (χ4v) is 2.96. The van der Waals surface area contributed by atoms with E-state index in [1.807, 2.05) is 4.90 Å². The molecule has 5 nitrogen and oxygen atoms in total. The molecule has 1 aromatic carbocycles. The van der Waals surface area contributed by atoms with Crippen molar-refractivity contribution in [2.75, 3.05) is 18.4 Å². The highest BCUT2D eigenvalue weighted by molar-refractivity contribution is 6.42. The van der Waals surface area contributed by atoms with Gasteiger partial charge in [-0.1, -0.05) is 23.2 Å². The van der Waals surface area contributed by atoms with Gasteiger partial charge in [0.1, 0.15) is 5.82 Å². The number of nitrogens with zero attached hydrogens (tertiary/aromatic N) is 2. The zero-order valence-corrected chi connectivity index (χ0v) is 14.5. The predicted molar refractivity (Wildman–Crippen MR) is 97.1 cm³/mol. The van der Waals surface area contributed by atoms with Crippen LogP contribution >= 0.6 is 23.2 Å². The zero-order chi connectivity index (χ0) is 17.1. The minimum Gasteiger partial charge on any atom is -0.340 e. The van der Waals surface area contributed by atoms with Gasteiger partial charge in [0, 0.05) is 31.0 Å². The number of likely N-dealkylation sites (tertiary alicyclic amines) is 1. The van der Waals surface area contributed by atoms with Crippen LogP contribution in [0.5, 0.6) is 0 Å². The number of nitrogens with one attached hydrogen (secondary N) is 1. The van der Waals surface area contributed by atoms with Gasteiger partial charge in [-0.15, -0.1) is 0 Å². The molecule has 1 saturated heterocycles. The number of benzene rings is 1. The SMILES string of the molecule is NC1CCN(C(=O)c2cccnc2Nc2ccc(Cl)c(Cl)c2)CC1. The van der Waals surface area contributed by atoms with E-state index in [9.17, 15) is 4.79 Å². The first-order chi connectivity index (χ1) is 11.5. The lowest BCUT2D eigenvalue weighted by atomic mass is 10.1. The molecule has 1 aliphatic heterocycles. The first kappa shape index (κ1) is 17.0. The Bertz CT molecular complexity index is 745. The van der Waals surface area contributed by atoms with Gasteiger partial charge >= 0.3 is 0 Å². The number of nitrogens with two attached hydrogens (primary N) is 1. The molecule has 24 heavy (non-hydrogen) atoms. The lowest BCUT2D eigenvalue weighted by molar-refractivity contribution is 0.0715. The molecule has 126 valence electrons. The van der Waals surface area contributed by atoms with Gasteiger partial charge < -0.3 is 16.0 Å². The first-order valence-electron chi connectivity index (χ1n) is 7.76. The summed E-state index contributed by atoms with van der Waals surface area (Å²) in [6.45, 7) is 1.34. The van der Waals surface area contributed by atoms with E-state index in [-0.39, 0.29) is 11.9 Å². The van der Waals surface area contributed by atoms with E-state index in [0.717, 1.165) is 18.5 Å². The molecule has 0 saturated carbocycles. The number of aromatic nitrogens is 1. The molecule has 0 bridgehead atoms. The summed E-state index contributed by atoms with van der Waals surface area (Å²) in [6, 6.07) is 8.89. The molecule has 1 amide bonds. The molecule has 0 atom stereocenters. The standard InChI is InChI=1S/C17H18Cl2N4O/c18-14-4-3-12(10-15(14)19)22-16-13(2-1-7-21-16)17(24)23-8-5-11(20)6-9-23/h1-4,7,10-11H,5-6,8-9,20H2,(H,21,22). The number of pyridine rings is 1. The lowest BCUT2D eigenvalue weighted by Crippen LogP contribution is -2.43. The van der Waals surface area contributed by atoms with Crippen molar-refractivity contribution in [2.45, 2.75) is 18.9 Å². The summed E-state index contributed by atoms with van der Waals surface area (Å²) in [7, 11) is 0. The summed E-state index contributed by atoms with van der Waals surface area (Å²) in [6.07, 6.45) is 3.28. The monoisotopic (exact) mass is 364 g/mol. The van der Waals surface area contributed by atoms with E-state index in [1.165, 1.54) is 0 Å². The number of amides is 1. The van der Waals surface area contributed by atoms with Crippen LogP contribution in [0.25, 0.3) is 0 Å². The lowest BCUT2D eigenvalue weighted by Gasteiger charge is -2.30. The van der Waals surface area contributed by atoms with Crippen LogP contribution in [0.4, 0.5) is 11.5 Å². The summed E-state index contributed by atoms with van der Waals surface area (Å²) in [5, 5.41) is 4.06. The van der Waals surface area contributed by atoms with Gasteiger partial charge in [0.05, 0.1) is 15.6 Å². The molecule has 1 fully saturated rings. The average molecular weight is 365 g/mol. The summed E-state index contributed by atoms with van der Waals surface area (Å²) in [5.74, 6) is 0.452. The number of hydrogen-bond acceptors (Lipinski definition) is 4. The summed E-state index contributed by atoms with van der Waals surface area (Å²) in [4.78, 5) is 18.9. The fraction of sp³-hybridized carbons (Fsp3) is 0.294. The van der Waals surface area contributed by atoms with Crippen LogP contribution in [0.2, 0.25) is 10.0 Å². The van der Waals surface area contributed by atoms with Gasteiger partial charge in [-0.3, -0.25) is 4.79 Å². The number of anilines is 2. The van der Waals surface area contributed by atoms with Crippen LogP contribution in [0.1, 0.15) is 23.2 Å². The Kier molecular flexibility index (Phi) is 5.23. The van der Waals surface area contributed by atoms with Crippen molar-refractivity contribution in [2.24, 2.45) is 5.73 Å². The third kappa shape index (κ3) is 3.80. The van der Waals surface area contributed by atoms with Crippen molar-refractivity contribution in [3.8, 4) is 0 Å². The Morgan fingerprint density at radius 3 is 2.67 bits per heavy atom. The molecule has 1 aliphatic rings. The topological polar surface area (TPSA) is 71.2 Å². The number of carbonyl (C=O) groups excluding carboxylic acids is 1. The second-order valence-corrected chi connectivity index (χ2v) is 6.60. The minimum absolute atomic E-state index is 0.0439. The van der Waals surface area contributed by atoms with Gasteiger partial charge in [0.2, 0.25) is 0 Å². The molecule has 0 aliphatic carbocycles. The number of rotatable bonds is 3. The van der Waals surface area contributed by atoms with E-state index in [1.54, 1.807) is 36.5 Å². The van der Waals surface area contributed by atoms with E-state index in [4.69, 9.17) is 28.9 Å². The normalized spacial score (nSPS) is 15.4. The quantitative estimate of drug-likeness (QED) is 0.870. The summed E-state index contributed by atoms with van der Waals surface area (Å²) < 4.78 is 0. The minimum atomic E-state index is -0.0439. The molecular formula is C17H18Cl2N4O. The zero-order valence-electron chi connectivity index (χ0n) is 13.0. The molecule has 3 rings (SSSR count). The van der Waals surface area contributed by atoms with E-state index in [2.05, 4.69) is 10.3 Å². The Morgan fingerprint density at radius 2 is 1.96 bits per heavy atom. The van der Waals surface area contributed by atoms with Crippen LogP contribution in [0.15, 0.2) is 36.5 Å². The summed E-state index contributed by atoms with van der Waals surface area (Å²) in [5.41, 5.74) is 7.16. The second-order valence-electron chi connectivity index (χ2n) is 5.78. The molecule has 2 heterocycles. The summed E-state index contributed by atoms with van der Waals surface area (Å²) >= 11 is 12.0. The smallest absolute Gasteiger partial charge is 0.257 e. The van der Waals surface area contributed by atoms with Gasteiger partial charge in [-0.2, -0.15) is 0 Å². The van der Waals surface area contributed by atoms with Crippen molar-refractivity contribution in [3.63, 3.8) is 0 Å². The highest BCUT2D eigenvalue weighted by Crippen LogP contribution is 2.28. The molecule has 0 radical (unpaired) electrons. The maximum Gasteiger partial charge on any atom is 0.257 e. The molecule has 1 aromatic heterocycles. The van der Waals surface area contributed by atoms with E-state index in [0.29, 0.717) is 34.5 Å². The Labute approximate surface area is 150 Å². The largest absolute Gasteiger partial charge is 0.340 e. The number of piperidine rings is 1. The maximum atomic E-state index is 12.8. The molecule has 2 aromatic rings. The average Bonchev–Trinajstić information content (AvgIpc) is 2.59. The fourth-order valence-electron chi connectivity index (χ4n) is 2.66. The Hall–Kier alpha value is -1.82. The van der Waals surface area contributed by atoms with E-state index >= 15 is 0 Å². The van der Waals surface area contributed by atoms with Crippen LogP contribution in [-0.2, 0) is 0 Å². The van der Waals surface area contributed by atoms with Crippen LogP contribution in [0, 0.1) is 0 Å². The molecule has 0 spiro atoms. The van der Waals surface area contributed by atoms with Crippen LogP contribution in [0.3, 0.4) is 0 Å². The van der Waals surface area contributed by atoms with Gasteiger partial charge in [0.15, 0.2) is 0 Å². The number of carbonyl (C=O) groups is 1. The van der Waals surface area contributed by atoms with Gasteiger partial charge in [0.25, 0.3) is 5.91 Å². The van der Waals surface area contributed by atoms with Crippen LogP contribution < -0.4 is 11.1 Å². The molecular weight excluding hydrogens is 347 g/mol. The highest BCUT2D eigenvalue weighted by atomic mass is 35.5. The number of hydrogen-bond donors (Lipinski definition) is 2. The Morgan fingerprint density at radius 1 is 1.21 bits per heavy atom. The third-order valence-electron chi connectivity index (χ3n) is 4.05. The Balaban J connectivity index is 1.82. The number of halogens is 2.